The Balaban J connectivity index is 1.65. The van der Waals surface area contributed by atoms with E-state index in [0.717, 1.165) is 31.8 Å². The zero-order chi connectivity index (χ0) is 14.8. The number of hydrogen-bond donors (Lipinski definition) is 0. The lowest BCUT2D eigenvalue weighted by molar-refractivity contribution is -0.133. The zero-order valence-corrected chi connectivity index (χ0v) is 13.3. The summed E-state index contributed by atoms with van der Waals surface area (Å²) in [7, 11) is 0. The molecular formula is C15H20N4OS. The number of carbonyl (C=O) groups is 1. The van der Waals surface area contributed by atoms with Crippen LogP contribution in [0.3, 0.4) is 0 Å². The van der Waals surface area contributed by atoms with Crippen molar-refractivity contribution >= 4 is 17.2 Å². The van der Waals surface area contributed by atoms with E-state index in [0.29, 0.717) is 12.5 Å². The SMILES string of the molecule is Cc1cnc([C@H]2CCCN(C(=O)Cn3ccnc3C)C2)s1. The number of nitrogens with zero attached hydrogens (tertiary/aromatic N) is 4. The quantitative estimate of drug-likeness (QED) is 0.874. The summed E-state index contributed by atoms with van der Waals surface area (Å²) in [4.78, 5) is 24.3. The molecule has 1 atom stereocenters. The van der Waals surface area contributed by atoms with Gasteiger partial charge < -0.3 is 9.47 Å². The first-order chi connectivity index (χ1) is 10.1. The van der Waals surface area contributed by atoms with E-state index in [9.17, 15) is 4.79 Å². The molecular weight excluding hydrogens is 284 g/mol. The number of aryl methyl sites for hydroxylation is 2. The summed E-state index contributed by atoms with van der Waals surface area (Å²) in [6, 6.07) is 0. The van der Waals surface area contributed by atoms with E-state index in [4.69, 9.17) is 0 Å². The zero-order valence-electron chi connectivity index (χ0n) is 12.5. The van der Waals surface area contributed by atoms with E-state index in [2.05, 4.69) is 16.9 Å². The van der Waals surface area contributed by atoms with Gasteiger partial charge in [-0.3, -0.25) is 4.79 Å². The number of imidazole rings is 1. The fourth-order valence-electron chi connectivity index (χ4n) is 2.78. The van der Waals surface area contributed by atoms with Gasteiger partial charge in [0.2, 0.25) is 5.91 Å². The fourth-order valence-corrected chi connectivity index (χ4v) is 3.68. The van der Waals surface area contributed by atoms with Gasteiger partial charge in [0.1, 0.15) is 12.4 Å². The largest absolute Gasteiger partial charge is 0.340 e. The molecule has 2 aromatic rings. The van der Waals surface area contributed by atoms with Gasteiger partial charge in [-0.15, -0.1) is 11.3 Å². The van der Waals surface area contributed by atoms with Gasteiger partial charge in [-0.05, 0) is 26.7 Å². The molecule has 1 amide bonds. The first-order valence-corrected chi connectivity index (χ1v) is 8.13. The molecule has 0 radical (unpaired) electrons. The number of likely N-dealkylation sites (tertiary alicyclic amines) is 1. The van der Waals surface area contributed by atoms with Crippen molar-refractivity contribution in [1.29, 1.82) is 0 Å². The highest BCUT2D eigenvalue weighted by Gasteiger charge is 2.26. The van der Waals surface area contributed by atoms with E-state index in [-0.39, 0.29) is 5.91 Å². The van der Waals surface area contributed by atoms with Crippen LogP contribution in [-0.4, -0.2) is 38.4 Å². The predicted molar refractivity (Wildman–Crippen MR) is 82.4 cm³/mol. The highest BCUT2D eigenvalue weighted by atomic mass is 32.1. The molecule has 3 rings (SSSR count). The van der Waals surface area contributed by atoms with E-state index < -0.39 is 0 Å². The van der Waals surface area contributed by atoms with E-state index in [1.54, 1.807) is 17.5 Å². The predicted octanol–water partition coefficient (Wildman–Crippen LogP) is 2.36. The molecule has 0 saturated carbocycles. The van der Waals surface area contributed by atoms with Crippen molar-refractivity contribution in [3.63, 3.8) is 0 Å². The standard InChI is InChI=1S/C15H20N4OS/c1-11-8-17-15(21-11)13-4-3-6-19(9-13)14(20)10-18-7-5-16-12(18)2/h5,7-8,13H,3-4,6,9-10H2,1-2H3/t13-/m0/s1. The Morgan fingerprint density at radius 1 is 1.43 bits per heavy atom. The average molecular weight is 304 g/mol. The van der Waals surface area contributed by atoms with Crippen LogP contribution in [0.5, 0.6) is 0 Å². The number of rotatable bonds is 3. The number of piperidine rings is 1. The normalized spacial score (nSPS) is 19.0. The molecule has 112 valence electrons. The fraction of sp³-hybridized carbons (Fsp3) is 0.533. The maximum Gasteiger partial charge on any atom is 0.242 e. The molecule has 2 aromatic heterocycles. The molecule has 1 fully saturated rings. The Labute approximate surface area is 128 Å². The van der Waals surface area contributed by atoms with Crippen molar-refractivity contribution in [3.05, 3.63) is 34.3 Å². The Morgan fingerprint density at radius 3 is 2.95 bits per heavy atom. The number of carbonyl (C=O) groups excluding carboxylic acids is 1. The molecule has 0 spiro atoms. The minimum Gasteiger partial charge on any atom is -0.340 e. The van der Waals surface area contributed by atoms with Gasteiger partial charge in [0.15, 0.2) is 0 Å². The molecule has 1 aliphatic rings. The molecule has 1 aliphatic heterocycles. The lowest BCUT2D eigenvalue weighted by Crippen LogP contribution is -2.40. The second kappa shape index (κ2) is 5.97. The maximum absolute atomic E-state index is 12.5. The third-order valence-corrected chi connectivity index (χ3v) is 5.07. The van der Waals surface area contributed by atoms with E-state index in [1.165, 1.54) is 9.88 Å². The third-order valence-electron chi connectivity index (χ3n) is 3.99. The van der Waals surface area contributed by atoms with Gasteiger partial charge in [-0.1, -0.05) is 0 Å². The van der Waals surface area contributed by atoms with Crippen molar-refractivity contribution in [2.75, 3.05) is 13.1 Å². The molecule has 3 heterocycles. The van der Waals surface area contributed by atoms with Gasteiger partial charge in [0.25, 0.3) is 0 Å². The molecule has 5 nitrogen and oxygen atoms in total. The number of amides is 1. The first kappa shape index (κ1) is 14.3. The van der Waals surface area contributed by atoms with Crippen LogP contribution < -0.4 is 0 Å². The lowest BCUT2D eigenvalue weighted by Gasteiger charge is -2.32. The van der Waals surface area contributed by atoms with Crippen LogP contribution in [0.15, 0.2) is 18.6 Å². The number of thiazole rings is 1. The van der Waals surface area contributed by atoms with Crippen LogP contribution in [0.4, 0.5) is 0 Å². The van der Waals surface area contributed by atoms with Crippen LogP contribution in [-0.2, 0) is 11.3 Å². The molecule has 0 aliphatic carbocycles. The number of aromatic nitrogens is 3. The Kier molecular flexibility index (Phi) is 4.05. The van der Waals surface area contributed by atoms with Crippen LogP contribution in [0.1, 0.15) is 34.5 Å². The summed E-state index contributed by atoms with van der Waals surface area (Å²) in [5.41, 5.74) is 0. The maximum atomic E-state index is 12.5. The first-order valence-electron chi connectivity index (χ1n) is 7.31. The van der Waals surface area contributed by atoms with Gasteiger partial charge >= 0.3 is 0 Å². The lowest BCUT2D eigenvalue weighted by atomic mass is 9.99. The monoisotopic (exact) mass is 304 g/mol. The topological polar surface area (TPSA) is 51.0 Å². The van der Waals surface area contributed by atoms with Crippen LogP contribution in [0.25, 0.3) is 0 Å². The van der Waals surface area contributed by atoms with E-state index >= 15 is 0 Å². The highest BCUT2D eigenvalue weighted by molar-refractivity contribution is 7.11. The minimum atomic E-state index is 0.175. The average Bonchev–Trinajstić information content (AvgIpc) is 3.08. The molecule has 6 heteroatoms. The van der Waals surface area contributed by atoms with E-state index in [1.807, 2.05) is 28.8 Å². The smallest absolute Gasteiger partial charge is 0.242 e. The van der Waals surface area contributed by atoms with Crippen LogP contribution in [0, 0.1) is 13.8 Å². The highest BCUT2D eigenvalue weighted by Crippen LogP contribution is 2.29. The summed E-state index contributed by atoms with van der Waals surface area (Å²) >= 11 is 1.75. The Bertz CT molecular complexity index is 633. The van der Waals surface area contributed by atoms with Crippen molar-refractivity contribution in [2.24, 2.45) is 0 Å². The van der Waals surface area contributed by atoms with Gasteiger partial charge in [-0.25, -0.2) is 9.97 Å². The summed E-state index contributed by atoms with van der Waals surface area (Å²) in [5, 5.41) is 1.17. The summed E-state index contributed by atoms with van der Waals surface area (Å²) in [6.07, 6.45) is 7.70. The molecule has 21 heavy (non-hydrogen) atoms. The summed E-state index contributed by atoms with van der Waals surface area (Å²) in [6.45, 7) is 6.03. The van der Waals surface area contributed by atoms with Crippen LogP contribution in [0.2, 0.25) is 0 Å². The van der Waals surface area contributed by atoms with Gasteiger partial charge in [0.05, 0.1) is 5.01 Å². The van der Waals surface area contributed by atoms with Crippen LogP contribution >= 0.6 is 11.3 Å². The van der Waals surface area contributed by atoms with Crippen molar-refractivity contribution < 1.29 is 4.79 Å². The molecule has 0 aromatic carbocycles. The van der Waals surface area contributed by atoms with Crippen molar-refractivity contribution in [3.8, 4) is 0 Å². The molecule has 0 N–H and O–H groups in total. The summed E-state index contributed by atoms with van der Waals surface area (Å²) in [5.74, 6) is 1.45. The second-order valence-corrected chi connectivity index (χ2v) is 6.86. The Morgan fingerprint density at radius 2 is 2.29 bits per heavy atom. The molecule has 0 bridgehead atoms. The third kappa shape index (κ3) is 3.15. The van der Waals surface area contributed by atoms with Crippen molar-refractivity contribution in [2.45, 2.75) is 39.2 Å². The summed E-state index contributed by atoms with van der Waals surface area (Å²) < 4.78 is 1.90. The minimum absolute atomic E-state index is 0.175. The van der Waals surface area contributed by atoms with Crippen molar-refractivity contribution in [1.82, 2.24) is 19.4 Å². The van der Waals surface area contributed by atoms with Gasteiger partial charge in [0, 0.05) is 42.5 Å². The second-order valence-electron chi connectivity index (χ2n) is 5.59. The molecule has 0 unspecified atom stereocenters. The number of hydrogen-bond acceptors (Lipinski definition) is 4. The Hall–Kier alpha value is -1.69. The molecule has 1 saturated heterocycles. The van der Waals surface area contributed by atoms with Gasteiger partial charge in [-0.2, -0.15) is 0 Å².